The number of likely N-dealkylation sites (tertiary alicyclic amines) is 1. The number of hydrogen-bond acceptors (Lipinski definition) is 6. The Morgan fingerprint density at radius 2 is 2.00 bits per heavy atom. The van der Waals surface area contributed by atoms with Crippen molar-refractivity contribution in [3.63, 3.8) is 0 Å². The summed E-state index contributed by atoms with van der Waals surface area (Å²) < 4.78 is 11.5. The monoisotopic (exact) mass is 409 g/mol. The summed E-state index contributed by atoms with van der Waals surface area (Å²) in [6, 6.07) is 6.50. The standard InChI is InChI=1S/C24H31N3O3/c25-15-24(9-10-24)16-27-11-7-17(8-12-27)3-5-21-19-4-6-22(29-14-18-1-2-18)20(13-28)23(19)30-26-21/h4,6,17-18,28H,1-3,5,7-14,16H2. The highest BCUT2D eigenvalue weighted by Crippen LogP contribution is 2.46. The highest BCUT2D eigenvalue weighted by atomic mass is 16.5. The van der Waals surface area contributed by atoms with Crippen LogP contribution >= 0.6 is 0 Å². The Balaban J connectivity index is 1.17. The molecule has 3 fully saturated rings. The lowest BCUT2D eigenvalue weighted by Crippen LogP contribution is -2.37. The molecule has 1 N–H and O–H groups in total. The average molecular weight is 410 g/mol. The second-order valence-electron chi connectivity index (χ2n) is 9.61. The summed E-state index contributed by atoms with van der Waals surface area (Å²) in [6.45, 7) is 3.77. The molecule has 0 spiro atoms. The first-order valence-corrected chi connectivity index (χ1v) is 11.5. The third-order valence-corrected chi connectivity index (χ3v) is 7.22. The van der Waals surface area contributed by atoms with E-state index in [2.05, 4.69) is 16.1 Å². The largest absolute Gasteiger partial charge is 0.493 e. The Morgan fingerprint density at radius 3 is 2.67 bits per heavy atom. The fraction of sp³-hybridized carbons (Fsp3) is 0.667. The van der Waals surface area contributed by atoms with E-state index in [0.717, 1.165) is 62.1 Å². The molecule has 6 nitrogen and oxygen atoms in total. The van der Waals surface area contributed by atoms with E-state index in [9.17, 15) is 10.4 Å². The summed E-state index contributed by atoms with van der Waals surface area (Å²) >= 11 is 0. The Hall–Kier alpha value is -2.10. The van der Waals surface area contributed by atoms with Crippen LogP contribution in [-0.4, -0.2) is 41.4 Å². The van der Waals surface area contributed by atoms with Crippen LogP contribution in [-0.2, 0) is 13.0 Å². The molecule has 5 rings (SSSR count). The number of nitrogens with zero attached hydrogens (tertiary/aromatic N) is 3. The maximum atomic E-state index is 9.88. The summed E-state index contributed by atoms with van der Waals surface area (Å²) in [5.41, 5.74) is 2.34. The van der Waals surface area contributed by atoms with E-state index < -0.39 is 0 Å². The molecule has 6 heteroatoms. The van der Waals surface area contributed by atoms with Gasteiger partial charge in [-0.3, -0.25) is 0 Å². The average Bonchev–Trinajstić information content (AvgIpc) is 3.70. The quantitative estimate of drug-likeness (QED) is 0.673. The molecule has 30 heavy (non-hydrogen) atoms. The number of rotatable bonds is 9. The second-order valence-corrected chi connectivity index (χ2v) is 9.61. The smallest absolute Gasteiger partial charge is 0.176 e. The molecule has 1 aromatic heterocycles. The molecule has 0 radical (unpaired) electrons. The van der Waals surface area contributed by atoms with Gasteiger partial charge in [0.25, 0.3) is 0 Å². The maximum Gasteiger partial charge on any atom is 0.176 e. The van der Waals surface area contributed by atoms with Gasteiger partial charge in [-0.15, -0.1) is 0 Å². The third-order valence-electron chi connectivity index (χ3n) is 7.22. The number of aryl methyl sites for hydroxylation is 1. The zero-order valence-electron chi connectivity index (χ0n) is 17.6. The van der Waals surface area contributed by atoms with Crippen LogP contribution in [0.15, 0.2) is 16.7 Å². The zero-order valence-corrected chi connectivity index (χ0v) is 17.6. The summed E-state index contributed by atoms with van der Waals surface area (Å²) in [5.74, 6) is 2.08. The predicted octanol–water partition coefficient (Wildman–Crippen LogP) is 4.06. The van der Waals surface area contributed by atoms with Gasteiger partial charge < -0.3 is 19.3 Å². The van der Waals surface area contributed by atoms with Gasteiger partial charge in [0.1, 0.15) is 5.75 Å². The van der Waals surface area contributed by atoms with Crippen LogP contribution in [0.4, 0.5) is 0 Å². The van der Waals surface area contributed by atoms with Gasteiger partial charge in [0.15, 0.2) is 5.58 Å². The first kappa shape index (κ1) is 19.8. The van der Waals surface area contributed by atoms with Crippen LogP contribution in [0.1, 0.15) is 56.2 Å². The van der Waals surface area contributed by atoms with Gasteiger partial charge in [0.2, 0.25) is 0 Å². The van der Waals surface area contributed by atoms with E-state index in [1.165, 1.54) is 25.7 Å². The first-order valence-electron chi connectivity index (χ1n) is 11.5. The lowest BCUT2D eigenvalue weighted by atomic mass is 9.90. The van der Waals surface area contributed by atoms with Crippen molar-refractivity contribution in [3.8, 4) is 11.8 Å². The number of aromatic nitrogens is 1. The minimum absolute atomic E-state index is 0.0297. The van der Waals surface area contributed by atoms with Crippen molar-refractivity contribution >= 4 is 11.0 Å². The SMILES string of the molecule is N#CC1(CN2CCC(CCc3noc4c(CO)c(OCC5CC5)ccc34)CC2)CC1. The molecule has 2 saturated carbocycles. The van der Waals surface area contributed by atoms with Crippen molar-refractivity contribution < 1.29 is 14.4 Å². The topological polar surface area (TPSA) is 82.5 Å². The number of piperidine rings is 1. The number of nitriles is 1. The highest BCUT2D eigenvalue weighted by molar-refractivity contribution is 5.84. The molecule has 0 unspecified atom stereocenters. The summed E-state index contributed by atoms with van der Waals surface area (Å²) in [5, 5.41) is 24.5. The molecule has 1 aromatic carbocycles. The van der Waals surface area contributed by atoms with Crippen LogP contribution in [0, 0.1) is 28.6 Å². The van der Waals surface area contributed by atoms with Crippen molar-refractivity contribution in [1.82, 2.24) is 10.1 Å². The Bertz CT molecular complexity index is 931. The number of fused-ring (bicyclic) bond motifs is 1. The van der Waals surface area contributed by atoms with Gasteiger partial charge in [-0.2, -0.15) is 5.26 Å². The fourth-order valence-corrected chi connectivity index (χ4v) is 4.71. The number of aliphatic hydroxyl groups is 1. The molecule has 2 aromatic rings. The minimum atomic E-state index is -0.103. The van der Waals surface area contributed by atoms with Crippen molar-refractivity contribution in [3.05, 3.63) is 23.4 Å². The van der Waals surface area contributed by atoms with Gasteiger partial charge in [-0.1, -0.05) is 5.16 Å². The molecule has 0 atom stereocenters. The Morgan fingerprint density at radius 1 is 1.20 bits per heavy atom. The van der Waals surface area contributed by atoms with E-state index in [1.807, 2.05) is 12.1 Å². The van der Waals surface area contributed by atoms with Crippen LogP contribution in [0.25, 0.3) is 11.0 Å². The van der Waals surface area contributed by atoms with E-state index in [1.54, 1.807) is 0 Å². The van der Waals surface area contributed by atoms with Gasteiger partial charge >= 0.3 is 0 Å². The molecular formula is C24H31N3O3. The number of ether oxygens (including phenoxy) is 1. The predicted molar refractivity (Wildman–Crippen MR) is 113 cm³/mol. The molecule has 0 bridgehead atoms. The number of benzene rings is 1. The first-order chi connectivity index (χ1) is 14.7. The van der Waals surface area contributed by atoms with Crippen molar-refractivity contribution in [2.24, 2.45) is 17.3 Å². The summed E-state index contributed by atoms with van der Waals surface area (Å²) in [7, 11) is 0. The highest BCUT2D eigenvalue weighted by Gasteiger charge is 2.44. The van der Waals surface area contributed by atoms with Gasteiger partial charge in [0, 0.05) is 11.9 Å². The maximum absolute atomic E-state index is 9.88. The van der Waals surface area contributed by atoms with Gasteiger partial charge in [-0.25, -0.2) is 0 Å². The zero-order chi connectivity index (χ0) is 20.6. The number of hydrogen-bond donors (Lipinski definition) is 1. The second kappa shape index (κ2) is 8.20. The lowest BCUT2D eigenvalue weighted by molar-refractivity contribution is 0.162. The number of aliphatic hydroxyl groups excluding tert-OH is 1. The fourth-order valence-electron chi connectivity index (χ4n) is 4.71. The molecule has 2 aliphatic carbocycles. The minimum Gasteiger partial charge on any atom is -0.493 e. The van der Waals surface area contributed by atoms with E-state index in [4.69, 9.17) is 9.26 Å². The van der Waals surface area contributed by atoms with E-state index in [-0.39, 0.29) is 12.0 Å². The molecule has 1 saturated heterocycles. The molecule has 160 valence electrons. The Kier molecular flexibility index (Phi) is 5.43. The van der Waals surface area contributed by atoms with Crippen LogP contribution in [0.2, 0.25) is 0 Å². The third kappa shape index (κ3) is 4.19. The van der Waals surface area contributed by atoms with Gasteiger partial charge in [0.05, 0.1) is 36.0 Å². The van der Waals surface area contributed by atoms with Crippen molar-refractivity contribution in [1.29, 1.82) is 5.26 Å². The molecule has 1 aliphatic heterocycles. The van der Waals surface area contributed by atoms with E-state index in [0.29, 0.717) is 29.6 Å². The van der Waals surface area contributed by atoms with Crippen LogP contribution in [0.5, 0.6) is 5.75 Å². The van der Waals surface area contributed by atoms with Crippen molar-refractivity contribution in [2.45, 2.75) is 58.0 Å². The normalized spacial score (nSPS) is 21.6. The van der Waals surface area contributed by atoms with Crippen molar-refractivity contribution in [2.75, 3.05) is 26.2 Å². The molecule has 0 amide bonds. The summed E-state index contributed by atoms with van der Waals surface area (Å²) in [4.78, 5) is 2.48. The molecule has 3 aliphatic rings. The lowest BCUT2D eigenvalue weighted by Gasteiger charge is -2.33. The van der Waals surface area contributed by atoms with E-state index >= 15 is 0 Å². The van der Waals surface area contributed by atoms with Crippen LogP contribution < -0.4 is 4.74 Å². The Labute approximate surface area is 177 Å². The van der Waals surface area contributed by atoms with Crippen LogP contribution in [0.3, 0.4) is 0 Å². The molecule has 2 heterocycles. The summed E-state index contributed by atoms with van der Waals surface area (Å²) in [6.07, 6.45) is 9.01. The molecular weight excluding hydrogens is 378 g/mol. The van der Waals surface area contributed by atoms with Gasteiger partial charge in [-0.05, 0) is 88.4 Å².